The van der Waals surface area contributed by atoms with E-state index in [0.29, 0.717) is 17.0 Å². The number of para-hydroxylation sites is 1. The Morgan fingerprint density at radius 1 is 1.21 bits per heavy atom. The molecular formula is C16H14ClNO. The zero-order chi connectivity index (χ0) is 13.2. The van der Waals surface area contributed by atoms with E-state index in [1.165, 1.54) is 5.56 Å². The number of carbonyl (C=O) groups is 1. The van der Waals surface area contributed by atoms with Crippen LogP contribution in [-0.2, 0) is 0 Å². The lowest BCUT2D eigenvalue weighted by Crippen LogP contribution is -2.09. The summed E-state index contributed by atoms with van der Waals surface area (Å²) in [5, 5.41) is 3.95. The number of nitrogens with one attached hydrogen (secondary N) is 1. The van der Waals surface area contributed by atoms with Gasteiger partial charge in [-0.3, -0.25) is 4.79 Å². The molecule has 0 radical (unpaired) electrons. The maximum atomic E-state index is 12.3. The molecule has 0 fully saturated rings. The fourth-order valence-electron chi connectivity index (χ4n) is 2.54. The van der Waals surface area contributed by atoms with E-state index in [4.69, 9.17) is 11.6 Å². The summed E-state index contributed by atoms with van der Waals surface area (Å²) in [6.07, 6.45) is 0.518. The fraction of sp³-hybridized carbons (Fsp3) is 0.188. The summed E-state index contributed by atoms with van der Waals surface area (Å²) >= 11 is 5.92. The summed E-state index contributed by atoms with van der Waals surface area (Å²) in [5.74, 6) is 0.397. The number of fused-ring (bicyclic) bond motifs is 1. The lowest BCUT2D eigenvalue weighted by atomic mass is 9.93. The van der Waals surface area contributed by atoms with Crippen molar-refractivity contribution in [2.45, 2.75) is 12.3 Å². The van der Waals surface area contributed by atoms with Crippen LogP contribution >= 0.6 is 11.6 Å². The second-order valence-corrected chi connectivity index (χ2v) is 5.24. The number of carbonyl (C=O) groups excluding carboxylic acids is 1. The highest BCUT2D eigenvalue weighted by molar-refractivity contribution is 6.31. The van der Waals surface area contributed by atoms with E-state index >= 15 is 0 Å². The Kier molecular flexibility index (Phi) is 3.26. The highest BCUT2D eigenvalue weighted by atomic mass is 35.5. The van der Waals surface area contributed by atoms with Crippen LogP contribution in [-0.4, -0.2) is 12.3 Å². The molecule has 0 aromatic heterocycles. The Bertz CT molecular complexity index is 624. The molecule has 0 bridgehead atoms. The second-order valence-electron chi connectivity index (χ2n) is 4.80. The van der Waals surface area contributed by atoms with Crippen molar-refractivity contribution in [3.8, 4) is 0 Å². The van der Waals surface area contributed by atoms with Crippen molar-refractivity contribution in [1.29, 1.82) is 0 Å². The van der Waals surface area contributed by atoms with Crippen LogP contribution in [0, 0.1) is 0 Å². The van der Waals surface area contributed by atoms with Gasteiger partial charge in [0.25, 0.3) is 0 Å². The molecule has 0 amide bonds. The number of rotatable bonds is 3. The number of ketones is 1. The van der Waals surface area contributed by atoms with Gasteiger partial charge in [0.1, 0.15) is 0 Å². The van der Waals surface area contributed by atoms with Crippen molar-refractivity contribution < 1.29 is 4.79 Å². The summed E-state index contributed by atoms with van der Waals surface area (Å²) in [6, 6.07) is 15.3. The van der Waals surface area contributed by atoms with Crippen LogP contribution in [0.25, 0.3) is 0 Å². The number of hydrogen-bond acceptors (Lipinski definition) is 2. The molecule has 3 rings (SSSR count). The first-order chi connectivity index (χ1) is 9.24. The quantitative estimate of drug-likeness (QED) is 0.851. The van der Waals surface area contributed by atoms with Gasteiger partial charge < -0.3 is 5.32 Å². The molecular weight excluding hydrogens is 258 g/mol. The molecule has 1 atom stereocenters. The van der Waals surface area contributed by atoms with Gasteiger partial charge in [0.15, 0.2) is 5.78 Å². The molecule has 1 N–H and O–H groups in total. The third-order valence-electron chi connectivity index (χ3n) is 3.52. The van der Waals surface area contributed by atoms with Crippen molar-refractivity contribution >= 4 is 23.1 Å². The van der Waals surface area contributed by atoms with E-state index in [1.807, 2.05) is 24.3 Å². The highest BCUT2D eigenvalue weighted by Gasteiger charge is 2.24. The van der Waals surface area contributed by atoms with Gasteiger partial charge in [-0.15, -0.1) is 0 Å². The predicted molar refractivity (Wildman–Crippen MR) is 78.1 cm³/mol. The minimum atomic E-state index is 0.144. The molecule has 0 saturated heterocycles. The molecule has 1 aliphatic heterocycles. The summed E-state index contributed by atoms with van der Waals surface area (Å²) in [5.41, 5.74) is 3.07. The number of hydrogen-bond donors (Lipinski definition) is 1. The summed E-state index contributed by atoms with van der Waals surface area (Å²) in [4.78, 5) is 12.3. The smallest absolute Gasteiger partial charge is 0.163 e. The minimum Gasteiger partial charge on any atom is -0.384 e. The van der Waals surface area contributed by atoms with Crippen LogP contribution in [0.1, 0.15) is 28.3 Å². The Hall–Kier alpha value is -1.80. The maximum absolute atomic E-state index is 12.3. The third kappa shape index (κ3) is 2.49. The molecule has 2 aromatic rings. The van der Waals surface area contributed by atoms with Crippen molar-refractivity contribution in [3.05, 3.63) is 64.7 Å². The second kappa shape index (κ2) is 5.06. The Balaban J connectivity index is 1.78. The normalized spacial score (nSPS) is 16.8. The standard InChI is InChI=1S/C16H14ClNO/c17-13-5-3-4-11(8-13)16(19)9-12-10-18-15-7-2-1-6-14(12)15/h1-8,12,18H,9-10H2. The zero-order valence-electron chi connectivity index (χ0n) is 10.4. The minimum absolute atomic E-state index is 0.144. The van der Waals surface area contributed by atoms with Crippen LogP contribution in [0.15, 0.2) is 48.5 Å². The van der Waals surface area contributed by atoms with E-state index in [0.717, 1.165) is 12.2 Å². The lowest BCUT2D eigenvalue weighted by molar-refractivity contribution is 0.0975. The van der Waals surface area contributed by atoms with Crippen LogP contribution in [0.2, 0.25) is 5.02 Å². The maximum Gasteiger partial charge on any atom is 0.163 e. The largest absolute Gasteiger partial charge is 0.384 e. The van der Waals surface area contributed by atoms with Crippen molar-refractivity contribution in [1.82, 2.24) is 0 Å². The highest BCUT2D eigenvalue weighted by Crippen LogP contribution is 2.34. The van der Waals surface area contributed by atoms with Crippen LogP contribution in [0.3, 0.4) is 0 Å². The van der Waals surface area contributed by atoms with Crippen molar-refractivity contribution in [2.75, 3.05) is 11.9 Å². The van der Waals surface area contributed by atoms with Crippen molar-refractivity contribution in [3.63, 3.8) is 0 Å². The molecule has 1 unspecified atom stereocenters. The Labute approximate surface area is 117 Å². The SMILES string of the molecule is O=C(CC1CNc2ccccc21)c1cccc(Cl)c1. The summed E-state index contributed by atoms with van der Waals surface area (Å²) in [6.45, 7) is 0.825. The van der Waals surface area contributed by atoms with Crippen molar-refractivity contribution in [2.24, 2.45) is 0 Å². The van der Waals surface area contributed by atoms with Gasteiger partial charge in [0.2, 0.25) is 0 Å². The van der Waals surface area contributed by atoms with Gasteiger partial charge in [-0.1, -0.05) is 41.9 Å². The molecule has 19 heavy (non-hydrogen) atoms. The Morgan fingerprint density at radius 2 is 2.05 bits per heavy atom. The molecule has 2 nitrogen and oxygen atoms in total. The van der Waals surface area contributed by atoms with Crippen LogP contribution in [0.5, 0.6) is 0 Å². The van der Waals surface area contributed by atoms with Gasteiger partial charge >= 0.3 is 0 Å². The first-order valence-electron chi connectivity index (χ1n) is 6.35. The monoisotopic (exact) mass is 271 g/mol. The number of halogens is 1. The van der Waals surface area contributed by atoms with Crippen LogP contribution in [0.4, 0.5) is 5.69 Å². The molecule has 1 aliphatic rings. The molecule has 96 valence electrons. The Morgan fingerprint density at radius 3 is 2.89 bits per heavy atom. The van der Waals surface area contributed by atoms with E-state index in [2.05, 4.69) is 17.4 Å². The van der Waals surface area contributed by atoms with E-state index in [9.17, 15) is 4.79 Å². The van der Waals surface area contributed by atoms with Crippen LogP contribution < -0.4 is 5.32 Å². The molecule has 3 heteroatoms. The van der Waals surface area contributed by atoms with Gasteiger partial charge in [-0.05, 0) is 23.8 Å². The number of benzene rings is 2. The van der Waals surface area contributed by atoms with E-state index in [1.54, 1.807) is 12.1 Å². The number of Topliss-reactive ketones (excluding diaryl/α,β-unsaturated/α-hetero) is 1. The molecule has 2 aromatic carbocycles. The van der Waals surface area contributed by atoms with E-state index < -0.39 is 0 Å². The number of anilines is 1. The first kappa shape index (κ1) is 12.2. The first-order valence-corrected chi connectivity index (χ1v) is 6.73. The van der Waals surface area contributed by atoms with E-state index in [-0.39, 0.29) is 11.7 Å². The average Bonchev–Trinajstić information content (AvgIpc) is 2.82. The topological polar surface area (TPSA) is 29.1 Å². The fourth-order valence-corrected chi connectivity index (χ4v) is 2.73. The lowest BCUT2D eigenvalue weighted by Gasteiger charge is -2.09. The molecule has 0 saturated carbocycles. The average molecular weight is 272 g/mol. The predicted octanol–water partition coefficient (Wildman–Crippen LogP) is 4.12. The summed E-state index contributed by atoms with van der Waals surface area (Å²) in [7, 11) is 0. The van der Waals surface area contributed by atoms with Gasteiger partial charge in [0, 0.05) is 35.2 Å². The molecule has 0 spiro atoms. The van der Waals surface area contributed by atoms with Gasteiger partial charge in [0.05, 0.1) is 0 Å². The van der Waals surface area contributed by atoms with Gasteiger partial charge in [-0.25, -0.2) is 0 Å². The third-order valence-corrected chi connectivity index (χ3v) is 3.75. The zero-order valence-corrected chi connectivity index (χ0v) is 11.2. The summed E-state index contributed by atoms with van der Waals surface area (Å²) < 4.78 is 0. The molecule has 1 heterocycles. The van der Waals surface area contributed by atoms with Gasteiger partial charge in [-0.2, -0.15) is 0 Å². The molecule has 0 aliphatic carbocycles.